The van der Waals surface area contributed by atoms with E-state index in [0.29, 0.717) is 11.3 Å². The lowest BCUT2D eigenvalue weighted by molar-refractivity contribution is 0.0283. The number of carbonyl (C=O) groups excluding carboxylic acids is 2. The Bertz CT molecular complexity index is 1320. The number of hydrogen-bond donors (Lipinski definition) is 2. The number of anilines is 1. The molecule has 1 aliphatic heterocycles. The van der Waals surface area contributed by atoms with E-state index in [4.69, 9.17) is 4.74 Å². The van der Waals surface area contributed by atoms with Crippen molar-refractivity contribution in [2.45, 2.75) is 58.5 Å². The first-order chi connectivity index (χ1) is 17.4. The highest BCUT2D eigenvalue weighted by molar-refractivity contribution is 9.10. The van der Waals surface area contributed by atoms with Crippen LogP contribution in [0.2, 0.25) is 0 Å². The number of hydrogen-bond acceptors (Lipinski definition) is 4. The van der Waals surface area contributed by atoms with Crippen LogP contribution < -0.4 is 10.6 Å². The third kappa shape index (κ3) is 6.24. The van der Waals surface area contributed by atoms with E-state index in [1.54, 1.807) is 26.8 Å². The molecule has 1 fully saturated rings. The summed E-state index contributed by atoms with van der Waals surface area (Å²) in [5.41, 5.74) is 2.32. The first kappa shape index (κ1) is 26.9. The summed E-state index contributed by atoms with van der Waals surface area (Å²) in [4.78, 5) is 27.0. The zero-order chi connectivity index (χ0) is 26.9. The van der Waals surface area contributed by atoms with Crippen LogP contribution in [0.4, 0.5) is 14.9 Å². The number of halogens is 2. The van der Waals surface area contributed by atoms with Crippen molar-refractivity contribution in [1.29, 1.82) is 0 Å². The van der Waals surface area contributed by atoms with Crippen molar-refractivity contribution in [3.8, 4) is 0 Å². The predicted molar refractivity (Wildman–Crippen MR) is 149 cm³/mol. The fourth-order valence-electron chi connectivity index (χ4n) is 4.56. The maximum atomic E-state index is 14.8. The molecule has 3 aromatic rings. The monoisotopic (exact) mass is 569 g/mol. The normalized spacial score (nSPS) is 18.5. The topological polar surface area (TPSA) is 70.7 Å². The van der Waals surface area contributed by atoms with Crippen molar-refractivity contribution in [2.24, 2.45) is 0 Å². The van der Waals surface area contributed by atoms with Gasteiger partial charge in [-0.05, 0) is 74.7 Å². The van der Waals surface area contributed by atoms with E-state index in [-0.39, 0.29) is 25.0 Å². The summed E-state index contributed by atoms with van der Waals surface area (Å²) >= 11 is 3.60. The molecule has 196 valence electrons. The van der Waals surface area contributed by atoms with Crippen LogP contribution in [-0.2, 0) is 4.74 Å². The number of alkyl halides is 1. The maximum Gasteiger partial charge on any atom is 0.410 e. The number of carbonyl (C=O) groups is 2. The number of nitrogens with zero attached hydrogens (tertiary/aromatic N) is 1. The molecule has 6 nitrogen and oxygen atoms in total. The fourth-order valence-corrected chi connectivity index (χ4v) is 5.04. The standard InChI is InChI=1S/C29H33BrFN3O3/c1-17-10-11-19(33-26-16-34(15-25(26)31)28(36)37-29(3,4)5)14-23(17)27(35)32-18(2)20-12-13-24(30)22-9-7-6-8-21(20)22/h6-14,18,25-26,33H,15-16H2,1-5H3,(H,32,35)/t18-,25-,26+/m1/s1. The van der Waals surface area contributed by atoms with Crippen LogP contribution in [0, 0.1) is 6.92 Å². The van der Waals surface area contributed by atoms with Gasteiger partial charge in [0.2, 0.25) is 0 Å². The van der Waals surface area contributed by atoms with Gasteiger partial charge in [-0.1, -0.05) is 52.3 Å². The Morgan fingerprint density at radius 3 is 2.49 bits per heavy atom. The van der Waals surface area contributed by atoms with Crippen LogP contribution in [-0.4, -0.2) is 47.8 Å². The van der Waals surface area contributed by atoms with Crippen molar-refractivity contribution in [2.75, 3.05) is 18.4 Å². The average Bonchev–Trinajstić information content (AvgIpc) is 3.19. The van der Waals surface area contributed by atoms with Crippen molar-refractivity contribution >= 4 is 44.4 Å². The van der Waals surface area contributed by atoms with E-state index in [0.717, 1.165) is 26.4 Å². The number of benzene rings is 3. The second-order valence-electron chi connectivity index (χ2n) is 10.6. The van der Waals surface area contributed by atoms with Gasteiger partial charge in [0, 0.05) is 22.3 Å². The average molecular weight is 571 g/mol. The third-order valence-corrected chi connectivity index (χ3v) is 7.14. The Balaban J connectivity index is 1.47. The van der Waals surface area contributed by atoms with Gasteiger partial charge >= 0.3 is 6.09 Å². The summed E-state index contributed by atoms with van der Waals surface area (Å²) in [6.07, 6.45) is -1.78. The molecule has 3 aromatic carbocycles. The predicted octanol–water partition coefficient (Wildman–Crippen LogP) is 6.77. The number of amides is 2. The van der Waals surface area contributed by atoms with Crippen LogP contribution >= 0.6 is 15.9 Å². The Morgan fingerprint density at radius 1 is 1.08 bits per heavy atom. The molecule has 37 heavy (non-hydrogen) atoms. The Hall–Kier alpha value is -3.13. The number of fused-ring (bicyclic) bond motifs is 1. The van der Waals surface area contributed by atoms with Gasteiger partial charge in [0.15, 0.2) is 0 Å². The molecular weight excluding hydrogens is 537 g/mol. The molecule has 2 N–H and O–H groups in total. The number of rotatable bonds is 5. The smallest absolute Gasteiger partial charge is 0.410 e. The van der Waals surface area contributed by atoms with Gasteiger partial charge in [-0.25, -0.2) is 9.18 Å². The molecule has 0 unspecified atom stereocenters. The van der Waals surface area contributed by atoms with Crippen molar-refractivity contribution in [1.82, 2.24) is 10.2 Å². The Kier molecular flexibility index (Phi) is 7.78. The van der Waals surface area contributed by atoms with Crippen molar-refractivity contribution < 1.29 is 18.7 Å². The highest BCUT2D eigenvalue weighted by Crippen LogP contribution is 2.30. The Morgan fingerprint density at radius 2 is 1.78 bits per heavy atom. The molecule has 0 saturated carbocycles. The van der Waals surface area contributed by atoms with E-state index in [1.165, 1.54) is 4.90 Å². The molecule has 1 saturated heterocycles. The second kappa shape index (κ2) is 10.7. The lowest BCUT2D eigenvalue weighted by Gasteiger charge is -2.24. The molecule has 1 aliphatic rings. The van der Waals surface area contributed by atoms with E-state index >= 15 is 0 Å². The fraction of sp³-hybridized carbons (Fsp3) is 0.379. The van der Waals surface area contributed by atoms with E-state index in [9.17, 15) is 14.0 Å². The molecule has 4 rings (SSSR count). The molecule has 0 radical (unpaired) electrons. The largest absolute Gasteiger partial charge is 0.444 e. The van der Waals surface area contributed by atoms with Crippen LogP contribution in [0.3, 0.4) is 0 Å². The first-order valence-corrected chi connectivity index (χ1v) is 13.2. The zero-order valence-corrected chi connectivity index (χ0v) is 23.4. The zero-order valence-electron chi connectivity index (χ0n) is 21.8. The highest BCUT2D eigenvalue weighted by Gasteiger charge is 2.37. The third-order valence-electron chi connectivity index (χ3n) is 6.45. The van der Waals surface area contributed by atoms with Gasteiger partial charge in [-0.3, -0.25) is 4.79 Å². The van der Waals surface area contributed by atoms with Crippen LogP contribution in [0.5, 0.6) is 0 Å². The van der Waals surface area contributed by atoms with Gasteiger partial charge in [0.1, 0.15) is 11.8 Å². The van der Waals surface area contributed by atoms with Crippen LogP contribution in [0.1, 0.15) is 55.2 Å². The summed E-state index contributed by atoms with van der Waals surface area (Å²) in [6, 6.07) is 16.6. The molecule has 8 heteroatoms. The molecule has 2 amide bonds. The van der Waals surface area contributed by atoms with Crippen molar-refractivity contribution in [3.63, 3.8) is 0 Å². The number of ether oxygens (including phenoxy) is 1. The van der Waals surface area contributed by atoms with E-state index < -0.39 is 23.9 Å². The molecule has 3 atom stereocenters. The van der Waals surface area contributed by atoms with Gasteiger partial charge in [-0.15, -0.1) is 0 Å². The molecule has 0 bridgehead atoms. The minimum absolute atomic E-state index is 0.0373. The number of nitrogens with one attached hydrogen (secondary N) is 2. The Labute approximate surface area is 225 Å². The molecular formula is C29H33BrFN3O3. The molecule has 0 spiro atoms. The van der Waals surface area contributed by atoms with Crippen LogP contribution in [0.25, 0.3) is 10.8 Å². The maximum absolute atomic E-state index is 14.8. The lowest BCUT2D eigenvalue weighted by atomic mass is 9.99. The minimum atomic E-state index is -1.25. The van der Waals surface area contributed by atoms with Crippen LogP contribution in [0.15, 0.2) is 59.1 Å². The summed E-state index contributed by atoms with van der Waals surface area (Å²) in [5, 5.41) is 8.43. The SMILES string of the molecule is Cc1ccc(N[C@H]2CN(C(=O)OC(C)(C)C)C[C@H]2F)cc1C(=O)N[C@H](C)c1ccc(Br)c2ccccc12. The van der Waals surface area contributed by atoms with Gasteiger partial charge in [0.05, 0.1) is 18.6 Å². The van der Waals surface area contributed by atoms with E-state index in [1.807, 2.05) is 62.4 Å². The number of aryl methyl sites for hydroxylation is 1. The van der Waals surface area contributed by atoms with Gasteiger partial charge in [0.25, 0.3) is 5.91 Å². The highest BCUT2D eigenvalue weighted by atomic mass is 79.9. The van der Waals surface area contributed by atoms with Crippen molar-refractivity contribution in [3.05, 3.63) is 75.8 Å². The quantitative estimate of drug-likeness (QED) is 0.355. The van der Waals surface area contributed by atoms with E-state index in [2.05, 4.69) is 26.6 Å². The summed E-state index contributed by atoms with van der Waals surface area (Å²) in [6.45, 7) is 9.32. The minimum Gasteiger partial charge on any atom is -0.444 e. The molecule has 1 heterocycles. The molecule has 0 aliphatic carbocycles. The van der Waals surface area contributed by atoms with Gasteiger partial charge in [-0.2, -0.15) is 0 Å². The molecule has 0 aromatic heterocycles. The lowest BCUT2D eigenvalue weighted by Crippen LogP contribution is -2.36. The van der Waals surface area contributed by atoms with Gasteiger partial charge < -0.3 is 20.3 Å². The summed E-state index contributed by atoms with van der Waals surface area (Å²) < 4.78 is 21.2. The first-order valence-electron chi connectivity index (χ1n) is 12.4. The number of likely N-dealkylation sites (tertiary alicyclic amines) is 1. The second-order valence-corrected chi connectivity index (χ2v) is 11.4. The summed E-state index contributed by atoms with van der Waals surface area (Å²) in [7, 11) is 0. The summed E-state index contributed by atoms with van der Waals surface area (Å²) in [5.74, 6) is -0.209.